The van der Waals surface area contributed by atoms with E-state index in [9.17, 15) is 9.59 Å². The number of piperidine rings is 1. The number of amides is 1. The second-order valence-electron chi connectivity index (χ2n) is 5.93. The summed E-state index contributed by atoms with van der Waals surface area (Å²) in [6.07, 6.45) is 1.97. The normalized spacial score (nSPS) is 14.2. The van der Waals surface area contributed by atoms with Crippen LogP contribution in [0.4, 0.5) is 0 Å². The molecule has 8 heteroatoms. The van der Waals surface area contributed by atoms with Crippen molar-refractivity contribution < 1.29 is 28.5 Å². The summed E-state index contributed by atoms with van der Waals surface area (Å²) in [6.45, 7) is 1.22. The van der Waals surface area contributed by atoms with E-state index in [4.69, 9.17) is 18.9 Å². The second-order valence-corrected chi connectivity index (χ2v) is 5.93. The van der Waals surface area contributed by atoms with Crippen molar-refractivity contribution in [2.24, 2.45) is 5.92 Å². The predicted octanol–water partition coefficient (Wildman–Crippen LogP) is 2.55. The molecule has 1 saturated heterocycles. The van der Waals surface area contributed by atoms with Crippen LogP contribution in [0.25, 0.3) is 0 Å². The molecule has 0 atom stereocenters. The number of ether oxygens (including phenoxy) is 4. The first-order valence-electron chi connectivity index (χ1n) is 8.20. The molecule has 0 N–H and O–H groups in total. The topological polar surface area (TPSA) is 74.3 Å². The van der Waals surface area contributed by atoms with Crippen LogP contribution in [0.3, 0.4) is 0 Å². The first-order valence-corrected chi connectivity index (χ1v) is 8.20. The third-order valence-electron chi connectivity index (χ3n) is 4.50. The number of methoxy groups -OCH3 is 4. The molecule has 0 aromatic heterocycles. The Kier molecular flexibility index (Phi) is 8.51. The molecular weight excluding hydrogens is 362 g/mol. The summed E-state index contributed by atoms with van der Waals surface area (Å²) in [7, 11) is 5.95. The Hall–Kier alpha value is -2.15. The van der Waals surface area contributed by atoms with Gasteiger partial charge in [-0.05, 0) is 30.9 Å². The zero-order valence-corrected chi connectivity index (χ0v) is 16.4. The number of esters is 1. The average Bonchev–Trinajstić information content (AvgIpc) is 2.66. The van der Waals surface area contributed by atoms with E-state index in [0.717, 1.165) is 12.8 Å². The van der Waals surface area contributed by atoms with Gasteiger partial charge in [-0.15, -0.1) is 12.4 Å². The molecule has 1 aromatic carbocycles. The molecule has 146 valence electrons. The van der Waals surface area contributed by atoms with Gasteiger partial charge in [-0.3, -0.25) is 9.59 Å². The molecule has 26 heavy (non-hydrogen) atoms. The third-order valence-corrected chi connectivity index (χ3v) is 4.50. The quantitative estimate of drug-likeness (QED) is 0.698. The van der Waals surface area contributed by atoms with Crippen molar-refractivity contribution in [3.05, 3.63) is 17.7 Å². The van der Waals surface area contributed by atoms with Crippen molar-refractivity contribution in [1.29, 1.82) is 0 Å². The molecule has 1 aromatic rings. The van der Waals surface area contributed by atoms with Gasteiger partial charge in [0.05, 0.1) is 28.4 Å². The minimum atomic E-state index is -0.200. The predicted molar refractivity (Wildman–Crippen MR) is 98.6 cm³/mol. The fraction of sp³-hybridized carbons (Fsp3) is 0.556. The molecule has 0 spiro atoms. The van der Waals surface area contributed by atoms with Gasteiger partial charge in [0.1, 0.15) is 0 Å². The Bertz CT molecular complexity index is 603. The fourth-order valence-corrected chi connectivity index (χ4v) is 3.05. The number of hydrogen-bond acceptors (Lipinski definition) is 6. The SMILES string of the molecule is COC(=O)CC1CCN(C(=O)c2cc(OC)c(OC)c(OC)c2)CC1.Cl. The van der Waals surface area contributed by atoms with Gasteiger partial charge in [0.2, 0.25) is 5.75 Å². The van der Waals surface area contributed by atoms with Crippen molar-refractivity contribution in [2.45, 2.75) is 19.3 Å². The van der Waals surface area contributed by atoms with E-state index in [1.54, 1.807) is 17.0 Å². The van der Waals surface area contributed by atoms with Gasteiger partial charge >= 0.3 is 5.97 Å². The summed E-state index contributed by atoms with van der Waals surface area (Å²) in [6, 6.07) is 3.31. The monoisotopic (exact) mass is 387 g/mol. The second kappa shape index (κ2) is 10.1. The maximum Gasteiger partial charge on any atom is 0.305 e. The highest BCUT2D eigenvalue weighted by atomic mass is 35.5. The summed E-state index contributed by atoms with van der Waals surface area (Å²) in [4.78, 5) is 26.0. The van der Waals surface area contributed by atoms with Crippen LogP contribution in [0.1, 0.15) is 29.6 Å². The number of carbonyl (C=O) groups excluding carboxylic acids is 2. The maximum atomic E-state index is 12.8. The highest BCUT2D eigenvalue weighted by molar-refractivity contribution is 5.95. The van der Waals surface area contributed by atoms with Crippen molar-refractivity contribution in [1.82, 2.24) is 4.90 Å². The molecule has 0 bridgehead atoms. The van der Waals surface area contributed by atoms with Crippen LogP contribution in [-0.2, 0) is 9.53 Å². The largest absolute Gasteiger partial charge is 0.493 e. The fourth-order valence-electron chi connectivity index (χ4n) is 3.05. The van der Waals surface area contributed by atoms with E-state index < -0.39 is 0 Å². The van der Waals surface area contributed by atoms with E-state index >= 15 is 0 Å². The summed E-state index contributed by atoms with van der Waals surface area (Å²) in [5.41, 5.74) is 0.487. The van der Waals surface area contributed by atoms with Crippen molar-refractivity contribution in [3.63, 3.8) is 0 Å². The van der Waals surface area contributed by atoms with Crippen LogP contribution in [0.2, 0.25) is 0 Å². The van der Waals surface area contributed by atoms with Gasteiger partial charge < -0.3 is 23.8 Å². The zero-order valence-electron chi connectivity index (χ0n) is 15.6. The molecular formula is C18H26ClNO6. The Balaban J connectivity index is 0.00000338. The molecule has 7 nitrogen and oxygen atoms in total. The van der Waals surface area contributed by atoms with Crippen LogP contribution in [-0.4, -0.2) is 58.3 Å². The minimum Gasteiger partial charge on any atom is -0.493 e. The summed E-state index contributed by atoms with van der Waals surface area (Å²) in [5.74, 6) is 1.33. The summed E-state index contributed by atoms with van der Waals surface area (Å²) < 4.78 is 20.6. The van der Waals surface area contributed by atoms with Crippen LogP contribution in [0.15, 0.2) is 12.1 Å². The molecule has 1 heterocycles. The molecule has 0 saturated carbocycles. The number of rotatable bonds is 6. The highest BCUT2D eigenvalue weighted by Crippen LogP contribution is 2.38. The van der Waals surface area contributed by atoms with E-state index in [2.05, 4.69) is 0 Å². The lowest BCUT2D eigenvalue weighted by molar-refractivity contribution is -0.142. The Labute approximate surface area is 159 Å². The van der Waals surface area contributed by atoms with Crippen molar-refractivity contribution >= 4 is 24.3 Å². The van der Waals surface area contributed by atoms with Gasteiger partial charge in [0.25, 0.3) is 5.91 Å². The molecule has 0 unspecified atom stereocenters. The molecule has 1 aliphatic rings. The van der Waals surface area contributed by atoms with Gasteiger partial charge in [-0.25, -0.2) is 0 Å². The van der Waals surface area contributed by atoms with Crippen molar-refractivity contribution in [3.8, 4) is 17.2 Å². The van der Waals surface area contributed by atoms with Crippen LogP contribution in [0, 0.1) is 5.92 Å². The average molecular weight is 388 g/mol. The Morgan fingerprint density at radius 1 is 1.00 bits per heavy atom. The Morgan fingerprint density at radius 3 is 1.96 bits per heavy atom. The van der Waals surface area contributed by atoms with E-state index in [0.29, 0.717) is 42.3 Å². The van der Waals surface area contributed by atoms with E-state index in [1.807, 2.05) is 0 Å². The van der Waals surface area contributed by atoms with Crippen LogP contribution >= 0.6 is 12.4 Å². The van der Waals surface area contributed by atoms with E-state index in [-0.39, 0.29) is 30.2 Å². The number of carbonyl (C=O) groups is 2. The van der Waals surface area contributed by atoms with Gasteiger partial charge in [-0.2, -0.15) is 0 Å². The molecule has 0 radical (unpaired) electrons. The zero-order chi connectivity index (χ0) is 18.4. The lowest BCUT2D eigenvalue weighted by Crippen LogP contribution is -2.39. The summed E-state index contributed by atoms with van der Waals surface area (Å²) >= 11 is 0. The number of halogens is 1. The standard InChI is InChI=1S/C18H25NO6.ClH/c1-22-14-10-13(11-15(23-2)17(14)25-4)18(21)19-7-5-12(6-8-19)9-16(20)24-3;/h10-12H,5-9H2,1-4H3;1H. The van der Waals surface area contributed by atoms with Gasteiger partial charge in [-0.1, -0.05) is 0 Å². The third kappa shape index (κ3) is 4.94. The summed E-state index contributed by atoms with van der Waals surface area (Å²) in [5, 5.41) is 0. The number of likely N-dealkylation sites (tertiary alicyclic amines) is 1. The highest BCUT2D eigenvalue weighted by Gasteiger charge is 2.27. The molecule has 1 fully saturated rings. The lowest BCUT2D eigenvalue weighted by Gasteiger charge is -2.31. The first-order chi connectivity index (χ1) is 12.0. The minimum absolute atomic E-state index is 0. The number of nitrogens with zero attached hydrogens (tertiary/aromatic N) is 1. The first kappa shape index (κ1) is 21.9. The van der Waals surface area contributed by atoms with E-state index in [1.165, 1.54) is 28.4 Å². The molecule has 0 aliphatic carbocycles. The molecule has 1 amide bonds. The number of benzene rings is 1. The van der Waals surface area contributed by atoms with Gasteiger partial charge in [0.15, 0.2) is 11.5 Å². The number of hydrogen-bond donors (Lipinski definition) is 0. The molecule has 2 rings (SSSR count). The Morgan fingerprint density at radius 2 is 1.54 bits per heavy atom. The van der Waals surface area contributed by atoms with Gasteiger partial charge in [0, 0.05) is 25.1 Å². The van der Waals surface area contributed by atoms with Crippen LogP contribution < -0.4 is 14.2 Å². The molecule has 1 aliphatic heterocycles. The maximum absolute atomic E-state index is 12.8. The smallest absolute Gasteiger partial charge is 0.305 e. The van der Waals surface area contributed by atoms with Crippen LogP contribution in [0.5, 0.6) is 17.2 Å². The van der Waals surface area contributed by atoms with Crippen molar-refractivity contribution in [2.75, 3.05) is 41.5 Å². The lowest BCUT2D eigenvalue weighted by atomic mass is 9.93.